The van der Waals surface area contributed by atoms with Crippen LogP contribution in [-0.4, -0.2) is 10.1 Å². The van der Waals surface area contributed by atoms with E-state index in [0.29, 0.717) is 0 Å². The molecule has 1 heterocycles. The molecular weight excluding hydrogens is 362 g/mol. The average molecular weight is 376 g/mol. The van der Waals surface area contributed by atoms with Crippen molar-refractivity contribution in [2.75, 3.05) is 0 Å². The Bertz CT molecular complexity index is 1030. The van der Waals surface area contributed by atoms with Crippen LogP contribution in [0.25, 0.3) is 33.2 Å². The van der Waals surface area contributed by atoms with Crippen LogP contribution in [0, 0.1) is 0 Å². The van der Waals surface area contributed by atoms with E-state index in [-0.39, 0.29) is 5.75 Å². The van der Waals surface area contributed by atoms with Crippen LogP contribution in [0.5, 0.6) is 5.75 Å². The summed E-state index contributed by atoms with van der Waals surface area (Å²) in [6, 6.07) is 23.7. The van der Waals surface area contributed by atoms with E-state index in [9.17, 15) is 5.11 Å². The number of aromatic nitrogens is 1. The zero-order valence-electron chi connectivity index (χ0n) is 12.8. The zero-order chi connectivity index (χ0) is 16.5. The number of nitrogens with zero attached hydrogens (tertiary/aromatic N) is 1. The first-order valence-corrected chi connectivity index (χ1v) is 8.45. The number of phenols is 1. The predicted molar refractivity (Wildman–Crippen MR) is 102 cm³/mol. The molecule has 24 heavy (non-hydrogen) atoms. The van der Waals surface area contributed by atoms with Crippen LogP contribution in [-0.2, 0) is 0 Å². The molecule has 0 unspecified atom stereocenters. The molecule has 0 bridgehead atoms. The molecule has 3 aromatic carbocycles. The molecule has 4 rings (SSSR count). The summed E-state index contributed by atoms with van der Waals surface area (Å²) in [6.45, 7) is 0. The summed E-state index contributed by atoms with van der Waals surface area (Å²) in [6.07, 6.45) is 1.84. The van der Waals surface area contributed by atoms with Gasteiger partial charge in [-0.3, -0.25) is 4.98 Å². The minimum absolute atomic E-state index is 0.257. The lowest BCUT2D eigenvalue weighted by molar-refractivity contribution is 0.477. The Morgan fingerprint density at radius 1 is 0.750 bits per heavy atom. The van der Waals surface area contributed by atoms with Gasteiger partial charge in [-0.2, -0.15) is 0 Å². The number of phenolic OH excluding ortho intramolecular Hbond substituents is 1. The molecule has 0 aliphatic heterocycles. The normalized spacial score (nSPS) is 10.9. The van der Waals surface area contributed by atoms with Crippen molar-refractivity contribution in [2.45, 2.75) is 0 Å². The number of aromatic hydroxyl groups is 1. The van der Waals surface area contributed by atoms with Crippen molar-refractivity contribution < 1.29 is 5.11 Å². The first-order chi connectivity index (χ1) is 11.7. The van der Waals surface area contributed by atoms with E-state index in [2.05, 4.69) is 39.1 Å². The van der Waals surface area contributed by atoms with Crippen molar-refractivity contribution in [3.63, 3.8) is 0 Å². The van der Waals surface area contributed by atoms with Crippen molar-refractivity contribution in [1.82, 2.24) is 4.98 Å². The van der Waals surface area contributed by atoms with Crippen LogP contribution in [0.2, 0.25) is 0 Å². The number of para-hydroxylation sites is 2. The van der Waals surface area contributed by atoms with E-state index in [1.54, 1.807) is 6.07 Å². The Morgan fingerprint density at radius 2 is 1.46 bits per heavy atom. The van der Waals surface area contributed by atoms with Crippen molar-refractivity contribution in [3.05, 3.63) is 83.5 Å². The summed E-state index contributed by atoms with van der Waals surface area (Å²) in [5.74, 6) is 0.257. The lowest BCUT2D eigenvalue weighted by atomic mass is 9.92. The van der Waals surface area contributed by atoms with Crippen molar-refractivity contribution in [3.8, 4) is 28.0 Å². The number of hydrogen-bond acceptors (Lipinski definition) is 2. The highest BCUT2D eigenvalue weighted by atomic mass is 79.9. The molecule has 0 radical (unpaired) electrons. The van der Waals surface area contributed by atoms with Crippen LogP contribution >= 0.6 is 15.9 Å². The summed E-state index contributed by atoms with van der Waals surface area (Å²) >= 11 is 3.49. The van der Waals surface area contributed by atoms with Gasteiger partial charge in [0.25, 0.3) is 0 Å². The third kappa shape index (κ3) is 2.57. The molecular formula is C21H14BrNO. The predicted octanol–water partition coefficient (Wildman–Crippen LogP) is 6.04. The Morgan fingerprint density at radius 3 is 2.25 bits per heavy atom. The molecule has 1 N–H and O–H groups in total. The largest absolute Gasteiger partial charge is 0.507 e. The molecule has 0 amide bonds. The Labute approximate surface area is 148 Å². The highest BCUT2D eigenvalue weighted by Crippen LogP contribution is 2.40. The van der Waals surface area contributed by atoms with E-state index in [1.807, 2.05) is 54.7 Å². The summed E-state index contributed by atoms with van der Waals surface area (Å²) in [5, 5.41) is 11.4. The number of rotatable bonds is 2. The number of hydrogen-bond donors (Lipinski definition) is 1. The van der Waals surface area contributed by atoms with Gasteiger partial charge in [0, 0.05) is 32.7 Å². The molecule has 0 saturated carbocycles. The fraction of sp³-hybridized carbons (Fsp3) is 0. The quantitative estimate of drug-likeness (QED) is 0.463. The lowest BCUT2D eigenvalue weighted by Crippen LogP contribution is -1.91. The van der Waals surface area contributed by atoms with Gasteiger partial charge >= 0.3 is 0 Å². The van der Waals surface area contributed by atoms with Gasteiger partial charge in [-0.05, 0) is 29.8 Å². The average Bonchev–Trinajstić information content (AvgIpc) is 2.62. The first kappa shape index (κ1) is 14.9. The van der Waals surface area contributed by atoms with E-state index in [1.165, 1.54) is 0 Å². The summed E-state index contributed by atoms with van der Waals surface area (Å²) in [5.41, 5.74) is 4.82. The van der Waals surface area contributed by atoms with Gasteiger partial charge in [-0.15, -0.1) is 0 Å². The molecule has 0 saturated heterocycles. The van der Waals surface area contributed by atoms with Crippen molar-refractivity contribution in [1.29, 1.82) is 0 Å². The fourth-order valence-electron chi connectivity index (χ4n) is 2.97. The number of benzene rings is 3. The summed E-state index contributed by atoms with van der Waals surface area (Å²) in [4.78, 5) is 4.58. The third-order valence-electron chi connectivity index (χ3n) is 4.10. The van der Waals surface area contributed by atoms with Crippen LogP contribution in [0.1, 0.15) is 0 Å². The van der Waals surface area contributed by atoms with Crippen LogP contribution in [0.3, 0.4) is 0 Å². The van der Waals surface area contributed by atoms with Crippen LogP contribution in [0.4, 0.5) is 0 Å². The molecule has 0 atom stereocenters. The fourth-order valence-corrected chi connectivity index (χ4v) is 3.24. The standard InChI is InChI=1S/C21H14BrNO/c22-15-11-9-14(10-12-15)21-17-6-1-3-7-19(17)23-13-18(21)16-5-2-4-8-20(16)24/h1-13,24H. The topological polar surface area (TPSA) is 33.1 Å². The number of fused-ring (bicyclic) bond motifs is 1. The monoisotopic (exact) mass is 375 g/mol. The van der Waals surface area contributed by atoms with Crippen LogP contribution in [0.15, 0.2) is 83.5 Å². The smallest absolute Gasteiger partial charge is 0.123 e. The zero-order valence-corrected chi connectivity index (χ0v) is 14.4. The highest BCUT2D eigenvalue weighted by molar-refractivity contribution is 9.10. The molecule has 4 aromatic rings. The first-order valence-electron chi connectivity index (χ1n) is 7.66. The molecule has 0 fully saturated rings. The molecule has 3 heteroatoms. The highest BCUT2D eigenvalue weighted by Gasteiger charge is 2.14. The number of halogens is 1. The van der Waals surface area contributed by atoms with E-state index >= 15 is 0 Å². The maximum Gasteiger partial charge on any atom is 0.123 e. The van der Waals surface area contributed by atoms with Gasteiger partial charge < -0.3 is 5.11 Å². The Hall–Kier alpha value is -2.65. The van der Waals surface area contributed by atoms with Crippen molar-refractivity contribution >= 4 is 26.8 Å². The second-order valence-corrected chi connectivity index (χ2v) is 6.50. The van der Waals surface area contributed by atoms with E-state index < -0.39 is 0 Å². The van der Waals surface area contributed by atoms with Gasteiger partial charge in [-0.1, -0.05) is 64.5 Å². The Kier molecular flexibility index (Phi) is 3.79. The molecule has 0 aliphatic carbocycles. The summed E-state index contributed by atoms with van der Waals surface area (Å²) < 4.78 is 1.04. The minimum atomic E-state index is 0.257. The number of pyridine rings is 1. The maximum absolute atomic E-state index is 10.3. The Balaban J connectivity index is 2.09. The molecule has 1 aromatic heterocycles. The third-order valence-corrected chi connectivity index (χ3v) is 4.63. The van der Waals surface area contributed by atoms with Crippen LogP contribution < -0.4 is 0 Å². The second kappa shape index (κ2) is 6.10. The SMILES string of the molecule is Oc1ccccc1-c1cnc2ccccc2c1-c1ccc(Br)cc1. The molecule has 2 nitrogen and oxygen atoms in total. The van der Waals surface area contributed by atoms with Gasteiger partial charge in [0.05, 0.1) is 5.52 Å². The maximum atomic E-state index is 10.3. The lowest BCUT2D eigenvalue weighted by Gasteiger charge is -2.14. The van der Waals surface area contributed by atoms with Gasteiger partial charge in [0.1, 0.15) is 5.75 Å². The van der Waals surface area contributed by atoms with Gasteiger partial charge in [0.15, 0.2) is 0 Å². The molecule has 116 valence electrons. The van der Waals surface area contributed by atoms with Gasteiger partial charge in [-0.25, -0.2) is 0 Å². The second-order valence-electron chi connectivity index (χ2n) is 5.59. The van der Waals surface area contributed by atoms with Crippen molar-refractivity contribution in [2.24, 2.45) is 0 Å². The minimum Gasteiger partial charge on any atom is -0.507 e. The molecule has 0 spiro atoms. The molecule has 0 aliphatic rings. The van der Waals surface area contributed by atoms with E-state index in [0.717, 1.165) is 37.6 Å². The van der Waals surface area contributed by atoms with Gasteiger partial charge in [0.2, 0.25) is 0 Å². The van der Waals surface area contributed by atoms with E-state index in [4.69, 9.17) is 0 Å². The summed E-state index contributed by atoms with van der Waals surface area (Å²) in [7, 11) is 0.